The molecule has 1 atom stereocenters. The lowest BCUT2D eigenvalue weighted by molar-refractivity contribution is -0.134. The molecule has 1 saturated heterocycles. The maximum atomic E-state index is 12.4. The van der Waals surface area contributed by atoms with E-state index in [-0.39, 0.29) is 0 Å². The van der Waals surface area contributed by atoms with Crippen molar-refractivity contribution >= 4 is 11.3 Å². The number of alkyl halides is 3. The SMILES string of the molecule is OC1(Cc2ccc(C(F)(F)F)s2)CCCNC1. The zero-order valence-corrected chi connectivity index (χ0v) is 10.00. The number of hydrogen-bond acceptors (Lipinski definition) is 3. The van der Waals surface area contributed by atoms with Crippen molar-refractivity contribution in [3.8, 4) is 0 Å². The zero-order valence-electron chi connectivity index (χ0n) is 9.18. The molecule has 96 valence electrons. The van der Waals surface area contributed by atoms with Crippen molar-refractivity contribution in [2.24, 2.45) is 0 Å². The Kier molecular flexibility index (Phi) is 3.47. The van der Waals surface area contributed by atoms with Crippen molar-refractivity contribution in [1.82, 2.24) is 5.32 Å². The van der Waals surface area contributed by atoms with Crippen LogP contribution in [0.5, 0.6) is 0 Å². The van der Waals surface area contributed by atoms with Crippen LogP contribution >= 0.6 is 11.3 Å². The fraction of sp³-hybridized carbons (Fsp3) is 0.636. The fourth-order valence-electron chi connectivity index (χ4n) is 2.05. The Balaban J connectivity index is 2.06. The van der Waals surface area contributed by atoms with Gasteiger partial charge in [0.05, 0.1) is 5.60 Å². The van der Waals surface area contributed by atoms with Gasteiger partial charge in [-0.3, -0.25) is 0 Å². The normalized spacial score (nSPS) is 26.1. The summed E-state index contributed by atoms with van der Waals surface area (Å²) in [6.45, 7) is 1.31. The van der Waals surface area contributed by atoms with E-state index < -0.39 is 16.7 Å². The number of aliphatic hydroxyl groups is 1. The summed E-state index contributed by atoms with van der Waals surface area (Å²) < 4.78 is 37.2. The Hall–Kier alpha value is -0.590. The van der Waals surface area contributed by atoms with Gasteiger partial charge < -0.3 is 10.4 Å². The van der Waals surface area contributed by atoms with Crippen LogP contribution in [0.3, 0.4) is 0 Å². The third-order valence-electron chi connectivity index (χ3n) is 2.89. The van der Waals surface area contributed by atoms with Crippen molar-refractivity contribution in [2.45, 2.75) is 31.0 Å². The molecule has 17 heavy (non-hydrogen) atoms. The highest BCUT2D eigenvalue weighted by Crippen LogP contribution is 2.36. The summed E-state index contributed by atoms with van der Waals surface area (Å²) >= 11 is 0.719. The summed E-state index contributed by atoms with van der Waals surface area (Å²) in [5.41, 5.74) is -0.897. The van der Waals surface area contributed by atoms with E-state index in [1.54, 1.807) is 0 Å². The molecule has 0 bridgehead atoms. The van der Waals surface area contributed by atoms with Crippen LogP contribution in [-0.2, 0) is 12.6 Å². The predicted octanol–water partition coefficient (Wildman–Crippen LogP) is 2.42. The van der Waals surface area contributed by atoms with Crippen LogP contribution in [0.4, 0.5) is 13.2 Å². The largest absolute Gasteiger partial charge is 0.425 e. The second-order valence-electron chi connectivity index (χ2n) is 4.45. The van der Waals surface area contributed by atoms with Gasteiger partial charge >= 0.3 is 6.18 Å². The molecule has 0 amide bonds. The standard InChI is InChI=1S/C11H14F3NOS/c12-11(13,14)9-3-2-8(17-9)6-10(16)4-1-5-15-7-10/h2-3,15-16H,1,4-7H2. The minimum Gasteiger partial charge on any atom is -0.388 e. The summed E-state index contributed by atoms with van der Waals surface area (Å²) in [5, 5.41) is 13.3. The van der Waals surface area contributed by atoms with Gasteiger partial charge in [-0.2, -0.15) is 13.2 Å². The Morgan fingerprint density at radius 2 is 2.18 bits per heavy atom. The Morgan fingerprint density at radius 1 is 1.41 bits per heavy atom. The average Bonchev–Trinajstić information content (AvgIpc) is 2.66. The van der Waals surface area contributed by atoms with Crippen molar-refractivity contribution in [3.05, 3.63) is 21.9 Å². The molecule has 1 aromatic rings. The summed E-state index contributed by atoms with van der Waals surface area (Å²) in [7, 11) is 0. The van der Waals surface area contributed by atoms with Crippen molar-refractivity contribution in [2.75, 3.05) is 13.1 Å². The number of thiophene rings is 1. The van der Waals surface area contributed by atoms with Gasteiger partial charge in [0.1, 0.15) is 4.88 Å². The van der Waals surface area contributed by atoms with E-state index in [0.717, 1.165) is 30.4 Å². The van der Waals surface area contributed by atoms with Crippen molar-refractivity contribution in [3.63, 3.8) is 0 Å². The fourth-order valence-corrected chi connectivity index (χ4v) is 3.06. The van der Waals surface area contributed by atoms with Gasteiger partial charge in [0.25, 0.3) is 0 Å². The van der Waals surface area contributed by atoms with Gasteiger partial charge in [-0.15, -0.1) is 11.3 Å². The van der Waals surface area contributed by atoms with Gasteiger partial charge in [0, 0.05) is 17.8 Å². The molecule has 0 aromatic carbocycles. The third kappa shape index (κ3) is 3.20. The van der Waals surface area contributed by atoms with Crippen LogP contribution in [-0.4, -0.2) is 23.8 Å². The summed E-state index contributed by atoms with van der Waals surface area (Å²) in [5.74, 6) is 0. The summed E-state index contributed by atoms with van der Waals surface area (Å²) in [6.07, 6.45) is -2.50. The van der Waals surface area contributed by atoms with Crippen LogP contribution in [0, 0.1) is 0 Å². The molecular formula is C11H14F3NOS. The van der Waals surface area contributed by atoms with Crippen LogP contribution < -0.4 is 5.32 Å². The molecule has 1 aromatic heterocycles. The lowest BCUT2D eigenvalue weighted by Crippen LogP contribution is -2.46. The lowest BCUT2D eigenvalue weighted by atomic mass is 9.90. The van der Waals surface area contributed by atoms with E-state index >= 15 is 0 Å². The molecule has 2 N–H and O–H groups in total. The first-order valence-corrected chi connectivity index (χ1v) is 6.30. The molecule has 0 aliphatic carbocycles. The molecule has 1 unspecified atom stereocenters. The molecule has 1 aliphatic rings. The smallest absolute Gasteiger partial charge is 0.388 e. The van der Waals surface area contributed by atoms with Gasteiger partial charge in [-0.05, 0) is 31.5 Å². The van der Waals surface area contributed by atoms with Crippen LogP contribution in [0.15, 0.2) is 12.1 Å². The maximum absolute atomic E-state index is 12.4. The highest BCUT2D eigenvalue weighted by molar-refractivity contribution is 7.12. The molecule has 6 heteroatoms. The van der Waals surface area contributed by atoms with Crippen molar-refractivity contribution < 1.29 is 18.3 Å². The number of halogens is 3. The molecular weight excluding hydrogens is 251 g/mol. The highest BCUT2D eigenvalue weighted by atomic mass is 32.1. The van der Waals surface area contributed by atoms with Crippen molar-refractivity contribution in [1.29, 1.82) is 0 Å². The van der Waals surface area contributed by atoms with Gasteiger partial charge in [-0.25, -0.2) is 0 Å². The molecule has 2 rings (SSSR count). The van der Waals surface area contributed by atoms with Crippen LogP contribution in [0.1, 0.15) is 22.6 Å². The number of rotatable bonds is 2. The van der Waals surface area contributed by atoms with E-state index in [0.29, 0.717) is 24.3 Å². The number of hydrogen-bond donors (Lipinski definition) is 2. The Bertz CT molecular complexity index is 382. The van der Waals surface area contributed by atoms with E-state index in [4.69, 9.17) is 0 Å². The highest BCUT2D eigenvalue weighted by Gasteiger charge is 2.34. The minimum atomic E-state index is -4.28. The molecule has 1 aliphatic heterocycles. The van der Waals surface area contributed by atoms with E-state index in [1.807, 2.05) is 0 Å². The first-order valence-electron chi connectivity index (χ1n) is 5.48. The Morgan fingerprint density at radius 3 is 2.71 bits per heavy atom. The number of β-amino-alcohol motifs (C(OH)–C–C–N with tert-alkyl or cyclic N) is 1. The number of piperidine rings is 1. The van der Waals surface area contributed by atoms with Crippen LogP contribution in [0.2, 0.25) is 0 Å². The second kappa shape index (κ2) is 4.59. The molecule has 0 saturated carbocycles. The lowest BCUT2D eigenvalue weighted by Gasteiger charge is -2.32. The predicted molar refractivity (Wildman–Crippen MR) is 60.1 cm³/mol. The second-order valence-corrected chi connectivity index (χ2v) is 5.61. The minimum absolute atomic E-state index is 0.292. The van der Waals surface area contributed by atoms with Gasteiger partial charge in [0.15, 0.2) is 0 Å². The first-order chi connectivity index (χ1) is 7.89. The first kappa shape index (κ1) is 12.9. The molecule has 0 spiro atoms. The maximum Gasteiger partial charge on any atom is 0.425 e. The van der Waals surface area contributed by atoms with Gasteiger partial charge in [0.2, 0.25) is 0 Å². The zero-order chi connectivity index (χ0) is 12.5. The monoisotopic (exact) mass is 265 g/mol. The molecule has 2 nitrogen and oxygen atoms in total. The molecule has 1 fully saturated rings. The summed E-state index contributed by atoms with van der Waals surface area (Å²) in [6, 6.07) is 2.54. The van der Waals surface area contributed by atoms with Crippen LogP contribution in [0.25, 0.3) is 0 Å². The topological polar surface area (TPSA) is 32.3 Å². The number of nitrogens with one attached hydrogen (secondary N) is 1. The average molecular weight is 265 g/mol. The third-order valence-corrected chi connectivity index (χ3v) is 4.02. The molecule has 2 heterocycles. The van der Waals surface area contributed by atoms with E-state index in [1.165, 1.54) is 6.07 Å². The summed E-state index contributed by atoms with van der Waals surface area (Å²) in [4.78, 5) is -0.0107. The van der Waals surface area contributed by atoms with E-state index in [2.05, 4.69) is 5.32 Å². The Labute approximate surface area is 101 Å². The molecule has 0 radical (unpaired) electrons. The quantitative estimate of drug-likeness (QED) is 0.860. The van der Waals surface area contributed by atoms with Gasteiger partial charge in [-0.1, -0.05) is 0 Å². The van der Waals surface area contributed by atoms with E-state index in [9.17, 15) is 18.3 Å².